The van der Waals surface area contributed by atoms with Crippen LogP contribution in [0.3, 0.4) is 0 Å². The third-order valence-corrected chi connectivity index (χ3v) is 2.64. The molecule has 1 rings (SSSR count). The Morgan fingerprint density at radius 2 is 1.90 bits per heavy atom. The number of hydrogen-bond acceptors (Lipinski definition) is 7. The molecular weight excluding hydrogens is 322 g/mol. The third kappa shape index (κ3) is 6.96. The summed E-state index contributed by atoms with van der Waals surface area (Å²) >= 11 is 5.78. The van der Waals surface area contributed by atoms with Crippen LogP contribution in [0, 0.1) is 0 Å². The SMILES string of the molecule is CCOC(=O)COc1ccc(/C(Cl)=N/OS(C)(=O)=O)cc1. The zero-order valence-corrected chi connectivity index (χ0v) is 13.0. The van der Waals surface area contributed by atoms with E-state index in [-0.39, 0.29) is 18.4 Å². The number of carbonyl (C=O) groups is 1. The summed E-state index contributed by atoms with van der Waals surface area (Å²) in [5.74, 6) is -0.0389. The van der Waals surface area contributed by atoms with Crippen LogP contribution in [0.2, 0.25) is 0 Å². The summed E-state index contributed by atoms with van der Waals surface area (Å²) < 4.78 is 35.7. The summed E-state index contributed by atoms with van der Waals surface area (Å²) in [6.07, 6.45) is 0.854. The quantitative estimate of drug-likeness (QED) is 0.426. The molecule has 0 saturated heterocycles. The molecule has 0 heterocycles. The smallest absolute Gasteiger partial charge is 0.344 e. The van der Waals surface area contributed by atoms with Crippen LogP contribution in [-0.2, 0) is 23.9 Å². The van der Waals surface area contributed by atoms with Gasteiger partial charge in [0.25, 0.3) is 0 Å². The van der Waals surface area contributed by atoms with Crippen LogP contribution in [0.5, 0.6) is 5.75 Å². The van der Waals surface area contributed by atoms with Crippen LogP contribution in [0.25, 0.3) is 0 Å². The van der Waals surface area contributed by atoms with Crippen LogP contribution in [0.4, 0.5) is 0 Å². The minimum absolute atomic E-state index is 0.127. The van der Waals surface area contributed by atoms with E-state index in [1.54, 1.807) is 19.1 Å². The zero-order chi connectivity index (χ0) is 15.9. The van der Waals surface area contributed by atoms with Gasteiger partial charge in [-0.05, 0) is 31.2 Å². The largest absolute Gasteiger partial charge is 0.482 e. The fourth-order valence-corrected chi connectivity index (χ4v) is 1.60. The molecule has 1 aromatic carbocycles. The summed E-state index contributed by atoms with van der Waals surface area (Å²) in [5, 5.41) is 3.15. The van der Waals surface area contributed by atoms with E-state index < -0.39 is 16.1 Å². The molecule has 0 N–H and O–H groups in total. The minimum atomic E-state index is -3.71. The summed E-state index contributed by atoms with van der Waals surface area (Å²) in [6.45, 7) is 1.78. The zero-order valence-electron chi connectivity index (χ0n) is 11.4. The first-order valence-corrected chi connectivity index (χ1v) is 8.02. The first-order chi connectivity index (χ1) is 9.81. The van der Waals surface area contributed by atoms with Gasteiger partial charge in [-0.25, -0.2) is 4.79 Å². The van der Waals surface area contributed by atoms with Crippen LogP contribution >= 0.6 is 11.6 Å². The second-order valence-electron chi connectivity index (χ2n) is 3.78. The molecule has 0 aliphatic rings. The standard InChI is InChI=1S/C12H14ClNO6S/c1-3-18-11(15)8-19-10-6-4-9(5-7-10)12(13)14-20-21(2,16)17/h4-7H,3,8H2,1-2H3/b14-12-. The number of oxime groups is 1. The lowest BCUT2D eigenvalue weighted by molar-refractivity contribution is -0.145. The van der Waals surface area contributed by atoms with E-state index in [1.807, 2.05) is 0 Å². The van der Waals surface area contributed by atoms with Crippen molar-refractivity contribution in [1.29, 1.82) is 0 Å². The molecule has 0 amide bonds. The van der Waals surface area contributed by atoms with E-state index in [2.05, 4.69) is 9.44 Å². The van der Waals surface area contributed by atoms with Crippen molar-refractivity contribution in [2.75, 3.05) is 19.5 Å². The molecule has 0 aliphatic carbocycles. The monoisotopic (exact) mass is 335 g/mol. The van der Waals surface area contributed by atoms with Gasteiger partial charge >= 0.3 is 16.1 Å². The van der Waals surface area contributed by atoms with Crippen molar-refractivity contribution in [3.05, 3.63) is 29.8 Å². The Bertz CT molecular complexity index is 611. The fourth-order valence-electron chi connectivity index (χ4n) is 1.19. The Labute approximate surface area is 127 Å². The number of carbonyl (C=O) groups excluding carboxylic acids is 1. The molecule has 0 atom stereocenters. The average molecular weight is 336 g/mol. The Kier molecular flexibility index (Phi) is 6.44. The second-order valence-corrected chi connectivity index (χ2v) is 5.69. The number of ether oxygens (including phenoxy) is 2. The fraction of sp³-hybridized carbons (Fsp3) is 0.333. The highest BCUT2D eigenvalue weighted by Crippen LogP contribution is 2.14. The highest BCUT2D eigenvalue weighted by atomic mass is 35.5. The van der Waals surface area contributed by atoms with Gasteiger partial charge in [0, 0.05) is 5.56 Å². The first kappa shape index (κ1) is 17.3. The predicted molar refractivity (Wildman–Crippen MR) is 76.9 cm³/mol. The highest BCUT2D eigenvalue weighted by Gasteiger charge is 2.06. The average Bonchev–Trinajstić information content (AvgIpc) is 2.42. The molecule has 0 aliphatic heterocycles. The van der Waals surface area contributed by atoms with Gasteiger partial charge in [0.1, 0.15) is 5.75 Å². The molecule has 0 aromatic heterocycles. The molecule has 7 nitrogen and oxygen atoms in total. The van der Waals surface area contributed by atoms with E-state index in [9.17, 15) is 13.2 Å². The van der Waals surface area contributed by atoms with E-state index >= 15 is 0 Å². The summed E-state index contributed by atoms with van der Waals surface area (Å²) in [6, 6.07) is 6.18. The van der Waals surface area contributed by atoms with Gasteiger partial charge in [0.15, 0.2) is 11.8 Å². The maximum atomic E-state index is 11.1. The van der Waals surface area contributed by atoms with Crippen LogP contribution in [0.15, 0.2) is 29.4 Å². The number of halogens is 1. The van der Waals surface area contributed by atoms with Crippen LogP contribution < -0.4 is 4.74 Å². The number of esters is 1. The normalized spacial score (nSPS) is 11.9. The molecule has 0 fully saturated rings. The van der Waals surface area contributed by atoms with E-state index in [4.69, 9.17) is 21.1 Å². The van der Waals surface area contributed by atoms with Crippen molar-refractivity contribution in [2.45, 2.75) is 6.92 Å². The molecule has 0 bridgehead atoms. The summed E-state index contributed by atoms with van der Waals surface area (Å²) in [7, 11) is -3.71. The number of benzene rings is 1. The Hall–Kier alpha value is -1.80. The van der Waals surface area contributed by atoms with Gasteiger partial charge < -0.3 is 9.47 Å². The maximum absolute atomic E-state index is 11.1. The molecule has 21 heavy (non-hydrogen) atoms. The van der Waals surface area contributed by atoms with Crippen molar-refractivity contribution in [3.63, 3.8) is 0 Å². The lowest BCUT2D eigenvalue weighted by Crippen LogP contribution is -2.14. The molecule has 0 unspecified atom stereocenters. The third-order valence-electron chi connectivity index (χ3n) is 2.01. The second kappa shape index (κ2) is 7.84. The van der Waals surface area contributed by atoms with E-state index in [0.29, 0.717) is 11.3 Å². The Morgan fingerprint density at radius 3 is 2.43 bits per heavy atom. The van der Waals surface area contributed by atoms with Crippen LogP contribution in [0.1, 0.15) is 12.5 Å². The molecule has 116 valence electrons. The molecule has 0 saturated carbocycles. The molecular formula is C12H14ClNO6S. The van der Waals surface area contributed by atoms with Gasteiger partial charge in [0.2, 0.25) is 0 Å². The highest BCUT2D eigenvalue weighted by molar-refractivity contribution is 7.85. The Morgan fingerprint density at radius 1 is 1.29 bits per heavy atom. The molecule has 0 spiro atoms. The van der Waals surface area contributed by atoms with Gasteiger partial charge in [-0.2, -0.15) is 8.42 Å². The summed E-state index contributed by atoms with van der Waals surface area (Å²) in [4.78, 5) is 11.1. The van der Waals surface area contributed by atoms with Gasteiger partial charge in [0.05, 0.1) is 12.9 Å². The molecule has 9 heteroatoms. The van der Waals surface area contributed by atoms with Crippen molar-refractivity contribution < 1.29 is 27.0 Å². The first-order valence-electron chi connectivity index (χ1n) is 5.83. The van der Waals surface area contributed by atoms with Gasteiger partial charge in [-0.1, -0.05) is 16.8 Å². The maximum Gasteiger partial charge on any atom is 0.344 e. The summed E-state index contributed by atoms with van der Waals surface area (Å²) in [5.41, 5.74) is 0.434. The molecule has 0 radical (unpaired) electrons. The van der Waals surface area contributed by atoms with E-state index in [0.717, 1.165) is 6.26 Å². The van der Waals surface area contributed by atoms with Crippen LogP contribution in [-0.4, -0.2) is 39.0 Å². The predicted octanol–water partition coefficient (Wildman–Crippen LogP) is 1.51. The van der Waals surface area contributed by atoms with Crippen molar-refractivity contribution in [2.24, 2.45) is 5.16 Å². The van der Waals surface area contributed by atoms with Crippen molar-refractivity contribution in [1.82, 2.24) is 0 Å². The van der Waals surface area contributed by atoms with Crippen molar-refractivity contribution in [3.8, 4) is 5.75 Å². The topological polar surface area (TPSA) is 91.3 Å². The van der Waals surface area contributed by atoms with E-state index in [1.165, 1.54) is 12.1 Å². The molecule has 1 aromatic rings. The lowest BCUT2D eigenvalue weighted by atomic mass is 10.2. The lowest BCUT2D eigenvalue weighted by Gasteiger charge is -2.06. The Balaban J connectivity index is 2.63. The number of rotatable bonds is 7. The van der Waals surface area contributed by atoms with Gasteiger partial charge in [-0.15, -0.1) is 0 Å². The van der Waals surface area contributed by atoms with Gasteiger partial charge in [-0.3, -0.25) is 4.28 Å². The number of nitrogens with zero attached hydrogens (tertiary/aromatic N) is 1. The minimum Gasteiger partial charge on any atom is -0.482 e. The number of hydrogen-bond donors (Lipinski definition) is 0. The van der Waals surface area contributed by atoms with Crippen molar-refractivity contribution >= 4 is 32.9 Å².